The van der Waals surface area contributed by atoms with Crippen molar-refractivity contribution in [3.63, 3.8) is 0 Å². The van der Waals surface area contributed by atoms with Gasteiger partial charge in [-0.2, -0.15) is 0 Å². The van der Waals surface area contributed by atoms with E-state index in [-0.39, 0.29) is 11.8 Å². The molecule has 0 aliphatic heterocycles. The second-order valence-electron chi connectivity index (χ2n) is 5.23. The zero-order valence-electron chi connectivity index (χ0n) is 9.94. The molecule has 2 fully saturated rings. The fraction of sp³-hybridized carbons (Fsp3) is 0.833. The minimum Gasteiger partial charge on any atom is -0.480 e. The van der Waals surface area contributed by atoms with E-state index >= 15 is 0 Å². The van der Waals surface area contributed by atoms with Gasteiger partial charge in [-0.25, -0.2) is 13.6 Å². The van der Waals surface area contributed by atoms with Crippen molar-refractivity contribution in [2.75, 3.05) is 0 Å². The smallest absolute Gasteiger partial charge is 0.326 e. The number of hydrogen-bond acceptors (Lipinski definition) is 2. The minimum atomic E-state index is -2.73. The maximum Gasteiger partial charge on any atom is 0.326 e. The van der Waals surface area contributed by atoms with E-state index in [0.717, 1.165) is 25.7 Å². The summed E-state index contributed by atoms with van der Waals surface area (Å²) < 4.78 is 24.4. The van der Waals surface area contributed by atoms with Gasteiger partial charge in [-0.3, -0.25) is 4.79 Å². The van der Waals surface area contributed by atoms with Crippen LogP contribution in [0.2, 0.25) is 0 Å². The van der Waals surface area contributed by atoms with Crippen LogP contribution in [-0.4, -0.2) is 29.5 Å². The Bertz CT molecular complexity index is 328. The van der Waals surface area contributed by atoms with E-state index in [0.29, 0.717) is 11.8 Å². The van der Waals surface area contributed by atoms with E-state index in [4.69, 9.17) is 5.11 Å². The number of rotatable bonds is 7. The van der Waals surface area contributed by atoms with Gasteiger partial charge in [0.15, 0.2) is 0 Å². The fourth-order valence-electron chi connectivity index (χ4n) is 2.39. The largest absolute Gasteiger partial charge is 0.480 e. The highest BCUT2D eigenvalue weighted by Crippen LogP contribution is 2.49. The van der Waals surface area contributed by atoms with Gasteiger partial charge in [0.25, 0.3) is 0 Å². The molecule has 2 N–H and O–H groups in total. The van der Waals surface area contributed by atoms with E-state index in [1.165, 1.54) is 0 Å². The lowest BCUT2D eigenvalue weighted by Crippen LogP contribution is -2.45. The molecule has 4 nitrogen and oxygen atoms in total. The van der Waals surface area contributed by atoms with Gasteiger partial charge in [0.05, 0.1) is 0 Å². The molecule has 1 amide bonds. The van der Waals surface area contributed by atoms with Crippen LogP contribution in [0.15, 0.2) is 0 Å². The van der Waals surface area contributed by atoms with Gasteiger partial charge in [0, 0.05) is 12.3 Å². The normalized spacial score (nSPS) is 21.1. The van der Waals surface area contributed by atoms with Crippen molar-refractivity contribution >= 4 is 11.9 Å². The molecule has 0 spiro atoms. The molecule has 1 unspecified atom stereocenters. The molecule has 0 bridgehead atoms. The maximum absolute atomic E-state index is 12.2. The highest BCUT2D eigenvalue weighted by molar-refractivity contribution is 5.85. The molecule has 6 heteroatoms. The molecule has 2 saturated carbocycles. The highest BCUT2D eigenvalue weighted by Gasteiger charge is 2.46. The maximum atomic E-state index is 12.2. The van der Waals surface area contributed by atoms with Crippen LogP contribution in [0.5, 0.6) is 0 Å². The van der Waals surface area contributed by atoms with Gasteiger partial charge in [-0.1, -0.05) is 0 Å². The van der Waals surface area contributed by atoms with Gasteiger partial charge in [0.2, 0.25) is 12.3 Å². The number of amides is 1. The zero-order chi connectivity index (χ0) is 13.3. The first-order valence-electron chi connectivity index (χ1n) is 6.30. The van der Waals surface area contributed by atoms with Crippen molar-refractivity contribution in [1.29, 1.82) is 0 Å². The first-order valence-corrected chi connectivity index (χ1v) is 6.30. The summed E-state index contributed by atoms with van der Waals surface area (Å²) in [6, 6.07) is -1.47. The summed E-state index contributed by atoms with van der Waals surface area (Å²) in [7, 11) is 0. The third-order valence-corrected chi connectivity index (χ3v) is 3.59. The molecule has 2 rings (SSSR count). The summed E-state index contributed by atoms with van der Waals surface area (Å²) in [6.45, 7) is 0. The summed E-state index contributed by atoms with van der Waals surface area (Å²) in [5, 5.41) is 11.1. The van der Waals surface area contributed by atoms with Crippen LogP contribution in [-0.2, 0) is 9.59 Å². The predicted octanol–water partition coefficient (Wildman–Crippen LogP) is 1.65. The average Bonchev–Trinajstić information content (AvgIpc) is 3.09. The van der Waals surface area contributed by atoms with E-state index in [1.807, 2.05) is 0 Å². The molecule has 2 aliphatic rings. The minimum absolute atomic E-state index is 0.162. The first-order chi connectivity index (χ1) is 8.49. The SMILES string of the molecule is O=C(O)C(CC(F)F)NC(=O)C(C1CC1)C1CC1. The van der Waals surface area contributed by atoms with Crippen molar-refractivity contribution in [1.82, 2.24) is 5.32 Å². The molecule has 0 aromatic heterocycles. The number of nitrogens with one attached hydrogen (secondary N) is 1. The van der Waals surface area contributed by atoms with Crippen LogP contribution >= 0.6 is 0 Å². The highest BCUT2D eigenvalue weighted by atomic mass is 19.3. The molecular weight excluding hydrogens is 244 g/mol. The number of carbonyl (C=O) groups excluding carboxylic acids is 1. The van der Waals surface area contributed by atoms with Crippen LogP contribution < -0.4 is 5.32 Å². The van der Waals surface area contributed by atoms with Crippen LogP contribution in [0.1, 0.15) is 32.1 Å². The average molecular weight is 261 g/mol. The van der Waals surface area contributed by atoms with E-state index in [1.54, 1.807) is 0 Å². The Morgan fingerprint density at radius 2 is 1.67 bits per heavy atom. The molecule has 0 aromatic rings. The third-order valence-electron chi connectivity index (χ3n) is 3.59. The molecule has 102 valence electrons. The first kappa shape index (κ1) is 13.2. The molecule has 0 heterocycles. The topological polar surface area (TPSA) is 66.4 Å². The van der Waals surface area contributed by atoms with E-state index in [2.05, 4.69) is 5.32 Å². The summed E-state index contributed by atoms with van der Waals surface area (Å²) in [5.74, 6) is -1.25. The quantitative estimate of drug-likeness (QED) is 0.732. The summed E-state index contributed by atoms with van der Waals surface area (Å²) in [5.41, 5.74) is 0. The second kappa shape index (κ2) is 5.20. The number of hydrogen-bond donors (Lipinski definition) is 2. The van der Waals surface area contributed by atoms with Gasteiger partial charge in [-0.05, 0) is 37.5 Å². The Morgan fingerprint density at radius 3 is 2.00 bits per heavy atom. The van der Waals surface area contributed by atoms with E-state index in [9.17, 15) is 18.4 Å². The van der Waals surface area contributed by atoms with Gasteiger partial charge < -0.3 is 10.4 Å². The van der Waals surface area contributed by atoms with Gasteiger partial charge >= 0.3 is 5.97 Å². The monoisotopic (exact) mass is 261 g/mol. The lowest BCUT2D eigenvalue weighted by Gasteiger charge is -2.19. The number of carbonyl (C=O) groups is 2. The Morgan fingerprint density at radius 1 is 1.17 bits per heavy atom. The van der Waals surface area contributed by atoms with Gasteiger partial charge in [0.1, 0.15) is 6.04 Å². The van der Waals surface area contributed by atoms with Crippen molar-refractivity contribution < 1.29 is 23.5 Å². The number of carboxylic acid groups (broad SMARTS) is 1. The fourth-order valence-corrected chi connectivity index (χ4v) is 2.39. The number of carboxylic acids is 1. The van der Waals surface area contributed by atoms with Crippen LogP contribution in [0.4, 0.5) is 8.78 Å². The third kappa shape index (κ3) is 3.40. The van der Waals surface area contributed by atoms with Gasteiger partial charge in [-0.15, -0.1) is 0 Å². The van der Waals surface area contributed by atoms with Crippen molar-refractivity contribution in [3.05, 3.63) is 0 Å². The molecule has 1 atom stereocenters. The molecule has 18 heavy (non-hydrogen) atoms. The van der Waals surface area contributed by atoms with E-state index < -0.39 is 24.9 Å². The second-order valence-corrected chi connectivity index (χ2v) is 5.23. The predicted molar refractivity (Wildman–Crippen MR) is 59.1 cm³/mol. The van der Waals surface area contributed by atoms with Crippen LogP contribution in [0.25, 0.3) is 0 Å². The lowest BCUT2D eigenvalue weighted by molar-refractivity contribution is -0.144. The molecular formula is C12H17F2NO3. The number of halogens is 2. The standard InChI is InChI=1S/C12H17F2NO3/c13-9(14)5-8(12(17)18)15-11(16)10(6-1-2-6)7-3-4-7/h6-10H,1-5H2,(H,15,16)(H,17,18). The van der Waals surface area contributed by atoms with Crippen LogP contribution in [0.3, 0.4) is 0 Å². The van der Waals surface area contributed by atoms with Crippen molar-refractivity contribution in [2.24, 2.45) is 17.8 Å². The Kier molecular flexibility index (Phi) is 3.82. The van der Waals surface area contributed by atoms with Crippen LogP contribution in [0, 0.1) is 17.8 Å². The Labute approximate surface area is 104 Å². The summed E-state index contributed by atoms with van der Waals surface area (Å²) >= 11 is 0. The van der Waals surface area contributed by atoms with Crippen molar-refractivity contribution in [2.45, 2.75) is 44.6 Å². The molecule has 2 aliphatic carbocycles. The Balaban J connectivity index is 1.92. The number of aliphatic carboxylic acids is 1. The molecule has 0 aromatic carbocycles. The number of alkyl halides is 2. The zero-order valence-corrected chi connectivity index (χ0v) is 9.94. The molecule has 0 radical (unpaired) electrons. The molecule has 0 saturated heterocycles. The lowest BCUT2D eigenvalue weighted by atomic mass is 9.96. The Hall–Kier alpha value is -1.20. The van der Waals surface area contributed by atoms with Crippen molar-refractivity contribution in [3.8, 4) is 0 Å². The summed E-state index contributed by atoms with van der Waals surface area (Å²) in [6.07, 6.45) is 0.389. The summed E-state index contributed by atoms with van der Waals surface area (Å²) in [4.78, 5) is 22.8.